The van der Waals surface area contributed by atoms with Gasteiger partial charge in [-0.2, -0.15) is 0 Å². The maximum absolute atomic E-state index is 12.6. The molecule has 1 aromatic heterocycles. The Morgan fingerprint density at radius 2 is 1.79 bits per heavy atom. The van der Waals surface area contributed by atoms with Gasteiger partial charge in [-0.05, 0) is 13.8 Å². The molecule has 0 saturated carbocycles. The fraction of sp³-hybridized carbons (Fsp3) is 0.286. The van der Waals surface area contributed by atoms with Gasteiger partial charge in [0, 0.05) is 12.1 Å². The van der Waals surface area contributed by atoms with Crippen LogP contribution in [0.15, 0.2) is 21.6 Å². The van der Waals surface area contributed by atoms with E-state index in [0.29, 0.717) is 0 Å². The topological polar surface area (TPSA) is 128 Å². The monoisotopic (exact) mass is 356 g/mol. The van der Waals surface area contributed by atoms with E-state index in [0.717, 1.165) is 0 Å². The average molecular weight is 356 g/mol. The highest BCUT2D eigenvalue weighted by atomic mass is 32.2. The zero-order valence-corrected chi connectivity index (χ0v) is 14.2. The summed E-state index contributed by atoms with van der Waals surface area (Å²) in [6.45, 7) is 2.92. The quantitative estimate of drug-likeness (QED) is 0.802. The van der Waals surface area contributed by atoms with Crippen LogP contribution in [0.5, 0.6) is 11.5 Å². The summed E-state index contributed by atoms with van der Waals surface area (Å²) in [5, 5.41) is 12.9. The Balaban J connectivity index is 2.58. The Morgan fingerprint density at radius 1 is 1.21 bits per heavy atom. The van der Waals surface area contributed by atoms with E-state index in [2.05, 4.69) is 9.88 Å². The van der Waals surface area contributed by atoms with Crippen LogP contribution in [0, 0.1) is 13.8 Å². The summed E-state index contributed by atoms with van der Waals surface area (Å²) in [4.78, 5) is 11.3. The first kappa shape index (κ1) is 17.6. The second-order valence-electron chi connectivity index (χ2n) is 4.82. The van der Waals surface area contributed by atoms with Crippen molar-refractivity contribution in [3.05, 3.63) is 29.2 Å². The van der Waals surface area contributed by atoms with Crippen molar-refractivity contribution in [1.29, 1.82) is 0 Å². The summed E-state index contributed by atoms with van der Waals surface area (Å²) >= 11 is 0. The summed E-state index contributed by atoms with van der Waals surface area (Å²) in [5.41, 5.74) is -0.291. The fourth-order valence-electron chi connectivity index (χ4n) is 2.19. The molecular formula is C14H16N2O7S. The molecule has 130 valence electrons. The van der Waals surface area contributed by atoms with E-state index in [1.54, 1.807) is 0 Å². The normalized spacial score (nSPS) is 11.2. The summed E-state index contributed by atoms with van der Waals surface area (Å²) in [6, 6.07) is 2.41. The van der Waals surface area contributed by atoms with Gasteiger partial charge >= 0.3 is 5.97 Å². The van der Waals surface area contributed by atoms with Crippen LogP contribution in [0.2, 0.25) is 0 Å². The van der Waals surface area contributed by atoms with Crippen LogP contribution in [0.3, 0.4) is 0 Å². The number of rotatable bonds is 6. The van der Waals surface area contributed by atoms with Crippen molar-refractivity contribution >= 4 is 21.7 Å². The molecule has 2 N–H and O–H groups in total. The van der Waals surface area contributed by atoms with Gasteiger partial charge in [-0.25, -0.2) is 13.2 Å². The SMILES string of the molecule is COc1cc(NS(=O)(=O)c2c(C)noc2C)c(C(=O)O)cc1OC. The largest absolute Gasteiger partial charge is 0.493 e. The molecule has 0 bridgehead atoms. The van der Waals surface area contributed by atoms with Gasteiger partial charge in [-0.15, -0.1) is 0 Å². The highest BCUT2D eigenvalue weighted by Crippen LogP contribution is 2.35. The van der Waals surface area contributed by atoms with Gasteiger partial charge in [-0.1, -0.05) is 5.16 Å². The Hall–Kier alpha value is -2.75. The third-order valence-electron chi connectivity index (χ3n) is 3.24. The minimum absolute atomic E-state index is 0.0948. The molecule has 10 heteroatoms. The van der Waals surface area contributed by atoms with Gasteiger partial charge in [0.25, 0.3) is 10.0 Å². The van der Waals surface area contributed by atoms with Gasteiger partial charge in [0.05, 0.1) is 25.5 Å². The number of benzene rings is 1. The van der Waals surface area contributed by atoms with Crippen LogP contribution in [0.4, 0.5) is 5.69 Å². The first-order valence-electron chi connectivity index (χ1n) is 6.66. The lowest BCUT2D eigenvalue weighted by molar-refractivity contribution is 0.0697. The van der Waals surface area contributed by atoms with Crippen molar-refractivity contribution in [3.8, 4) is 11.5 Å². The number of methoxy groups -OCH3 is 2. The van der Waals surface area contributed by atoms with E-state index < -0.39 is 16.0 Å². The van der Waals surface area contributed by atoms with Crippen molar-refractivity contribution < 1.29 is 32.3 Å². The van der Waals surface area contributed by atoms with Crippen molar-refractivity contribution in [2.45, 2.75) is 18.7 Å². The van der Waals surface area contributed by atoms with Crippen LogP contribution in [-0.2, 0) is 10.0 Å². The molecule has 0 saturated heterocycles. The van der Waals surface area contributed by atoms with E-state index in [1.165, 1.54) is 40.2 Å². The van der Waals surface area contributed by atoms with Crippen LogP contribution in [-0.4, -0.2) is 38.9 Å². The molecule has 0 aliphatic heterocycles. The third kappa shape index (κ3) is 3.13. The summed E-state index contributed by atoms with van der Waals surface area (Å²) < 4.78 is 42.3. The lowest BCUT2D eigenvalue weighted by Crippen LogP contribution is -2.17. The number of hydrogen-bond acceptors (Lipinski definition) is 7. The maximum atomic E-state index is 12.6. The van der Waals surface area contributed by atoms with Crippen molar-refractivity contribution in [2.24, 2.45) is 0 Å². The summed E-state index contributed by atoms with van der Waals surface area (Å²) in [7, 11) is -1.40. The Bertz CT molecular complexity index is 867. The highest BCUT2D eigenvalue weighted by molar-refractivity contribution is 7.92. The zero-order chi connectivity index (χ0) is 18.1. The molecule has 0 atom stereocenters. The first-order chi connectivity index (χ1) is 11.2. The summed E-state index contributed by atoms with van der Waals surface area (Å²) in [6.07, 6.45) is 0. The Kier molecular flexibility index (Phi) is 4.69. The minimum Gasteiger partial charge on any atom is -0.493 e. The second-order valence-corrected chi connectivity index (χ2v) is 6.44. The smallest absolute Gasteiger partial charge is 0.337 e. The van der Waals surface area contributed by atoms with Crippen LogP contribution >= 0.6 is 0 Å². The number of carboxylic acid groups (broad SMARTS) is 1. The lowest BCUT2D eigenvalue weighted by Gasteiger charge is -2.14. The molecule has 0 spiro atoms. The van der Waals surface area contributed by atoms with Gasteiger partial charge < -0.3 is 19.1 Å². The van der Waals surface area contributed by atoms with Gasteiger partial charge in [0.1, 0.15) is 5.69 Å². The number of nitrogens with zero attached hydrogens (tertiary/aromatic N) is 1. The summed E-state index contributed by atoms with van der Waals surface area (Å²) in [5.74, 6) is -0.890. The Labute approximate surface area is 138 Å². The molecule has 2 aromatic rings. The standard InChI is InChI=1S/C14H16N2O7S/c1-7-13(8(2)23-15-7)24(19,20)16-10-6-12(22-4)11(21-3)5-9(10)14(17)18/h5-6,16H,1-4H3,(H,17,18). The molecule has 0 amide bonds. The predicted octanol–water partition coefficient (Wildman–Crippen LogP) is 1.81. The number of nitrogens with one attached hydrogen (secondary N) is 1. The van der Waals surface area contributed by atoms with Crippen LogP contribution < -0.4 is 14.2 Å². The number of carboxylic acids is 1. The molecule has 2 rings (SSSR count). The van der Waals surface area contributed by atoms with E-state index in [9.17, 15) is 18.3 Å². The first-order valence-corrected chi connectivity index (χ1v) is 8.14. The van der Waals surface area contributed by atoms with Crippen molar-refractivity contribution in [3.63, 3.8) is 0 Å². The molecule has 0 radical (unpaired) electrons. The number of carbonyl (C=O) groups is 1. The number of aromatic nitrogens is 1. The highest BCUT2D eigenvalue weighted by Gasteiger charge is 2.27. The fourth-order valence-corrected chi connectivity index (χ4v) is 3.60. The van der Waals surface area contributed by atoms with Gasteiger partial charge in [0.15, 0.2) is 22.2 Å². The average Bonchev–Trinajstić information content (AvgIpc) is 2.85. The molecular weight excluding hydrogens is 340 g/mol. The lowest BCUT2D eigenvalue weighted by atomic mass is 10.1. The number of ether oxygens (including phenoxy) is 2. The zero-order valence-electron chi connectivity index (χ0n) is 13.4. The van der Waals surface area contributed by atoms with Gasteiger partial charge in [0.2, 0.25) is 0 Å². The molecule has 0 fully saturated rings. The minimum atomic E-state index is -4.10. The number of anilines is 1. The van der Waals surface area contributed by atoms with E-state index in [1.807, 2.05) is 0 Å². The van der Waals surface area contributed by atoms with Crippen LogP contribution in [0.25, 0.3) is 0 Å². The molecule has 0 aliphatic carbocycles. The van der Waals surface area contributed by atoms with Crippen molar-refractivity contribution in [1.82, 2.24) is 5.16 Å². The molecule has 1 aromatic carbocycles. The molecule has 9 nitrogen and oxygen atoms in total. The number of aromatic carboxylic acids is 1. The molecule has 1 heterocycles. The maximum Gasteiger partial charge on any atom is 0.337 e. The van der Waals surface area contributed by atoms with Crippen molar-refractivity contribution in [2.75, 3.05) is 18.9 Å². The molecule has 24 heavy (non-hydrogen) atoms. The third-order valence-corrected chi connectivity index (χ3v) is 4.84. The number of aryl methyl sites for hydroxylation is 2. The van der Waals surface area contributed by atoms with E-state index >= 15 is 0 Å². The molecule has 0 unspecified atom stereocenters. The Morgan fingerprint density at radius 3 is 2.25 bits per heavy atom. The molecule has 0 aliphatic rings. The number of hydrogen-bond donors (Lipinski definition) is 2. The van der Waals surface area contributed by atoms with E-state index in [4.69, 9.17) is 14.0 Å². The number of sulfonamides is 1. The second kappa shape index (κ2) is 6.40. The predicted molar refractivity (Wildman–Crippen MR) is 83.3 cm³/mol. The van der Waals surface area contributed by atoms with Gasteiger partial charge in [-0.3, -0.25) is 4.72 Å². The van der Waals surface area contributed by atoms with E-state index in [-0.39, 0.29) is 39.1 Å². The van der Waals surface area contributed by atoms with Crippen LogP contribution in [0.1, 0.15) is 21.8 Å².